The first-order valence-electron chi connectivity index (χ1n) is 7.90. The standard InChI is InChI=1S/C20H25NO3/c1-13-7-9-17(23-5)15(11-13)19(22)21-16-12-14(20(2,3)4)8-10-18(16)24-6/h7-12H,1-6H3,(H,21,22). The monoisotopic (exact) mass is 327 g/mol. The van der Waals surface area contributed by atoms with Crippen molar-refractivity contribution in [3.63, 3.8) is 0 Å². The van der Waals surface area contributed by atoms with Crippen LogP contribution in [0.1, 0.15) is 42.3 Å². The minimum absolute atomic E-state index is 0.0211. The minimum Gasteiger partial charge on any atom is -0.496 e. The minimum atomic E-state index is -0.222. The molecule has 4 heteroatoms. The van der Waals surface area contributed by atoms with Crippen LogP contribution in [0.3, 0.4) is 0 Å². The Morgan fingerprint density at radius 2 is 1.58 bits per heavy atom. The van der Waals surface area contributed by atoms with Gasteiger partial charge in [-0.15, -0.1) is 0 Å². The SMILES string of the molecule is COc1ccc(C(C)(C)C)cc1NC(=O)c1cc(C)ccc1OC. The lowest BCUT2D eigenvalue weighted by Crippen LogP contribution is -2.16. The second-order valence-corrected chi connectivity index (χ2v) is 6.82. The molecule has 2 rings (SSSR count). The lowest BCUT2D eigenvalue weighted by molar-refractivity contribution is 0.102. The van der Waals surface area contributed by atoms with Gasteiger partial charge < -0.3 is 14.8 Å². The number of benzene rings is 2. The fourth-order valence-corrected chi connectivity index (χ4v) is 2.46. The lowest BCUT2D eigenvalue weighted by atomic mass is 9.87. The molecule has 0 spiro atoms. The van der Waals surface area contributed by atoms with E-state index < -0.39 is 0 Å². The van der Waals surface area contributed by atoms with E-state index in [0.717, 1.165) is 11.1 Å². The highest BCUT2D eigenvalue weighted by Gasteiger charge is 2.19. The summed E-state index contributed by atoms with van der Waals surface area (Å²) in [5.74, 6) is 0.951. The molecule has 0 heterocycles. The average molecular weight is 327 g/mol. The molecule has 0 aliphatic carbocycles. The maximum absolute atomic E-state index is 12.7. The molecule has 1 N–H and O–H groups in total. The van der Waals surface area contributed by atoms with Gasteiger partial charge in [-0.25, -0.2) is 0 Å². The van der Waals surface area contributed by atoms with E-state index in [1.54, 1.807) is 20.3 Å². The molecule has 0 aliphatic heterocycles. The van der Waals surface area contributed by atoms with Crippen LogP contribution in [0.4, 0.5) is 5.69 Å². The smallest absolute Gasteiger partial charge is 0.259 e. The van der Waals surface area contributed by atoms with Crippen LogP contribution in [0, 0.1) is 6.92 Å². The molecule has 24 heavy (non-hydrogen) atoms. The van der Waals surface area contributed by atoms with Crippen LogP contribution in [-0.4, -0.2) is 20.1 Å². The van der Waals surface area contributed by atoms with Gasteiger partial charge in [0.05, 0.1) is 25.5 Å². The molecule has 2 aromatic carbocycles. The number of rotatable bonds is 4. The fourth-order valence-electron chi connectivity index (χ4n) is 2.46. The van der Waals surface area contributed by atoms with Crippen molar-refractivity contribution in [2.75, 3.05) is 19.5 Å². The molecular formula is C20H25NO3. The Hall–Kier alpha value is -2.49. The Morgan fingerprint density at radius 3 is 2.17 bits per heavy atom. The molecular weight excluding hydrogens is 302 g/mol. The number of carbonyl (C=O) groups is 1. The van der Waals surface area contributed by atoms with Crippen molar-refractivity contribution in [2.24, 2.45) is 0 Å². The molecule has 0 atom stereocenters. The number of methoxy groups -OCH3 is 2. The van der Waals surface area contributed by atoms with Crippen molar-refractivity contribution in [3.05, 3.63) is 53.1 Å². The third-order valence-electron chi connectivity index (χ3n) is 3.91. The summed E-state index contributed by atoms with van der Waals surface area (Å²) in [5, 5.41) is 2.95. The van der Waals surface area contributed by atoms with Gasteiger partial charge in [-0.3, -0.25) is 4.79 Å². The highest BCUT2D eigenvalue weighted by atomic mass is 16.5. The zero-order chi connectivity index (χ0) is 17.9. The van der Waals surface area contributed by atoms with Crippen molar-refractivity contribution >= 4 is 11.6 Å². The lowest BCUT2D eigenvalue weighted by Gasteiger charge is -2.21. The molecule has 1 amide bonds. The van der Waals surface area contributed by atoms with Gasteiger partial charge in [0.25, 0.3) is 5.91 Å². The van der Waals surface area contributed by atoms with E-state index in [1.807, 2.05) is 37.3 Å². The first-order chi connectivity index (χ1) is 11.3. The summed E-state index contributed by atoms with van der Waals surface area (Å²) < 4.78 is 10.7. The summed E-state index contributed by atoms with van der Waals surface area (Å²) in [5.41, 5.74) is 3.25. The van der Waals surface area contributed by atoms with Crippen molar-refractivity contribution < 1.29 is 14.3 Å². The first-order valence-corrected chi connectivity index (χ1v) is 7.90. The van der Waals surface area contributed by atoms with Crippen molar-refractivity contribution in [3.8, 4) is 11.5 Å². The van der Waals surface area contributed by atoms with Crippen LogP contribution in [0.5, 0.6) is 11.5 Å². The van der Waals surface area contributed by atoms with Crippen molar-refractivity contribution in [2.45, 2.75) is 33.1 Å². The summed E-state index contributed by atoms with van der Waals surface area (Å²) in [7, 11) is 3.15. The van der Waals surface area contributed by atoms with Gasteiger partial charge in [0.15, 0.2) is 0 Å². The van der Waals surface area contributed by atoms with E-state index in [2.05, 4.69) is 26.1 Å². The Bertz CT molecular complexity index is 745. The first kappa shape index (κ1) is 17.9. The van der Waals surface area contributed by atoms with Gasteiger partial charge in [-0.2, -0.15) is 0 Å². The van der Waals surface area contributed by atoms with Crippen molar-refractivity contribution in [1.29, 1.82) is 0 Å². The topological polar surface area (TPSA) is 47.6 Å². The predicted molar refractivity (Wildman–Crippen MR) is 97.4 cm³/mol. The Morgan fingerprint density at radius 1 is 0.958 bits per heavy atom. The number of ether oxygens (including phenoxy) is 2. The molecule has 0 unspecified atom stereocenters. The molecule has 0 bridgehead atoms. The van der Waals surface area contributed by atoms with Crippen LogP contribution >= 0.6 is 0 Å². The number of aryl methyl sites for hydroxylation is 1. The molecule has 0 saturated heterocycles. The van der Waals surface area contributed by atoms with Gasteiger partial charge in [-0.05, 0) is 42.2 Å². The van der Waals surface area contributed by atoms with Crippen molar-refractivity contribution in [1.82, 2.24) is 0 Å². The maximum Gasteiger partial charge on any atom is 0.259 e. The summed E-state index contributed by atoms with van der Waals surface area (Å²) in [4.78, 5) is 12.7. The molecule has 2 aromatic rings. The molecule has 0 aliphatic rings. The number of amides is 1. The van der Waals surface area contributed by atoms with Crippen LogP contribution in [0.2, 0.25) is 0 Å². The van der Waals surface area contributed by atoms with Gasteiger partial charge in [0, 0.05) is 0 Å². The third-order valence-corrected chi connectivity index (χ3v) is 3.91. The zero-order valence-corrected chi connectivity index (χ0v) is 15.2. The highest BCUT2D eigenvalue weighted by molar-refractivity contribution is 6.07. The van der Waals surface area contributed by atoms with Gasteiger partial charge in [0.2, 0.25) is 0 Å². The van der Waals surface area contributed by atoms with E-state index in [0.29, 0.717) is 22.7 Å². The molecule has 0 fully saturated rings. The van der Waals surface area contributed by atoms with E-state index >= 15 is 0 Å². The normalized spacial score (nSPS) is 11.1. The Balaban J connectivity index is 2.40. The van der Waals surface area contributed by atoms with Gasteiger partial charge in [-0.1, -0.05) is 38.5 Å². The zero-order valence-electron chi connectivity index (χ0n) is 15.2. The fraction of sp³-hybridized carbons (Fsp3) is 0.350. The summed E-state index contributed by atoms with van der Waals surface area (Å²) in [6, 6.07) is 11.4. The molecule has 0 aromatic heterocycles. The van der Waals surface area contributed by atoms with Crippen LogP contribution < -0.4 is 14.8 Å². The van der Waals surface area contributed by atoms with Gasteiger partial charge >= 0.3 is 0 Å². The highest BCUT2D eigenvalue weighted by Crippen LogP contribution is 2.32. The van der Waals surface area contributed by atoms with Crippen LogP contribution in [0.25, 0.3) is 0 Å². The number of nitrogens with one attached hydrogen (secondary N) is 1. The van der Waals surface area contributed by atoms with E-state index in [1.165, 1.54) is 0 Å². The Labute approximate surface area is 143 Å². The van der Waals surface area contributed by atoms with Crippen LogP contribution in [-0.2, 0) is 5.41 Å². The predicted octanol–water partition coefficient (Wildman–Crippen LogP) is 4.56. The number of carbonyl (C=O) groups excluding carboxylic acids is 1. The van der Waals surface area contributed by atoms with E-state index in [9.17, 15) is 4.79 Å². The molecule has 128 valence electrons. The number of anilines is 1. The molecule has 0 radical (unpaired) electrons. The van der Waals surface area contributed by atoms with Gasteiger partial charge in [0.1, 0.15) is 11.5 Å². The molecule has 4 nitrogen and oxygen atoms in total. The average Bonchev–Trinajstić information content (AvgIpc) is 2.53. The Kier molecular flexibility index (Phi) is 5.17. The third kappa shape index (κ3) is 3.88. The number of hydrogen-bond donors (Lipinski definition) is 1. The second kappa shape index (κ2) is 6.95. The number of hydrogen-bond acceptors (Lipinski definition) is 3. The quantitative estimate of drug-likeness (QED) is 0.895. The summed E-state index contributed by atoms with van der Waals surface area (Å²) in [6.07, 6.45) is 0. The summed E-state index contributed by atoms with van der Waals surface area (Å²) >= 11 is 0. The molecule has 0 saturated carbocycles. The van der Waals surface area contributed by atoms with E-state index in [-0.39, 0.29) is 11.3 Å². The maximum atomic E-state index is 12.7. The van der Waals surface area contributed by atoms with Crippen LogP contribution in [0.15, 0.2) is 36.4 Å². The second-order valence-electron chi connectivity index (χ2n) is 6.82. The summed E-state index contributed by atoms with van der Waals surface area (Å²) in [6.45, 7) is 8.33. The van der Waals surface area contributed by atoms with E-state index in [4.69, 9.17) is 9.47 Å². The largest absolute Gasteiger partial charge is 0.496 e.